The Morgan fingerprint density at radius 3 is 2.48 bits per heavy atom. The highest BCUT2D eigenvalue weighted by molar-refractivity contribution is 5.95. The number of aryl methyl sites for hydroxylation is 2. The van der Waals surface area contributed by atoms with Gasteiger partial charge in [-0.25, -0.2) is 18.7 Å². The minimum absolute atomic E-state index is 0.0601. The Kier molecular flexibility index (Phi) is 6.66. The second-order valence-electron chi connectivity index (χ2n) is 10.1. The number of benzene rings is 1. The van der Waals surface area contributed by atoms with Crippen LogP contribution in [-0.4, -0.2) is 73.9 Å². The number of H-pyrrole nitrogens is 1. The molecule has 1 aliphatic carbocycles. The molecule has 40 heavy (non-hydrogen) atoms. The fraction of sp³-hybridized carbons (Fsp3) is 0.370. The van der Waals surface area contributed by atoms with Gasteiger partial charge in [0.15, 0.2) is 17.5 Å². The summed E-state index contributed by atoms with van der Waals surface area (Å²) in [5.74, 6) is -0.911. The number of halogens is 2. The molecule has 2 N–H and O–H groups in total. The van der Waals surface area contributed by atoms with Crippen LogP contribution in [0.1, 0.15) is 40.4 Å². The van der Waals surface area contributed by atoms with Gasteiger partial charge < -0.3 is 24.4 Å². The third-order valence-electron chi connectivity index (χ3n) is 7.02. The number of rotatable bonds is 7. The number of morpholine rings is 1. The summed E-state index contributed by atoms with van der Waals surface area (Å²) in [4.78, 5) is 29.6. The van der Waals surface area contributed by atoms with Crippen LogP contribution in [0.15, 0.2) is 30.7 Å². The molecule has 208 valence electrons. The van der Waals surface area contributed by atoms with E-state index in [1.165, 1.54) is 16.8 Å². The van der Waals surface area contributed by atoms with Crippen LogP contribution in [0.3, 0.4) is 0 Å². The number of hydrogen-bond donors (Lipinski definition) is 2. The van der Waals surface area contributed by atoms with Crippen LogP contribution in [0, 0.1) is 18.6 Å². The first-order valence-electron chi connectivity index (χ1n) is 13.1. The van der Waals surface area contributed by atoms with Gasteiger partial charge in [-0.15, -0.1) is 0 Å². The molecule has 4 heterocycles. The maximum atomic E-state index is 15.5. The Labute approximate surface area is 229 Å². The zero-order valence-corrected chi connectivity index (χ0v) is 22.4. The lowest BCUT2D eigenvalue weighted by atomic mass is 10.1. The zero-order chi connectivity index (χ0) is 28.0. The summed E-state index contributed by atoms with van der Waals surface area (Å²) in [6.45, 7) is 3.40. The number of amides is 1. The first-order valence-corrected chi connectivity index (χ1v) is 13.1. The van der Waals surface area contributed by atoms with E-state index in [4.69, 9.17) is 14.7 Å². The molecule has 3 aromatic heterocycles. The van der Waals surface area contributed by atoms with Crippen LogP contribution >= 0.6 is 0 Å². The van der Waals surface area contributed by atoms with Gasteiger partial charge in [0.2, 0.25) is 5.95 Å². The minimum Gasteiger partial charge on any atom is -0.378 e. The molecule has 4 aromatic rings. The number of aromatic amines is 1. The van der Waals surface area contributed by atoms with E-state index in [-0.39, 0.29) is 23.1 Å². The molecule has 1 saturated heterocycles. The smallest absolute Gasteiger partial charge is 0.254 e. The lowest BCUT2D eigenvalue weighted by Gasteiger charge is -2.27. The average Bonchev–Trinajstić information content (AvgIpc) is 3.56. The maximum Gasteiger partial charge on any atom is 0.254 e. The minimum atomic E-state index is -0.897. The summed E-state index contributed by atoms with van der Waals surface area (Å²) in [6, 6.07) is 3.94. The van der Waals surface area contributed by atoms with E-state index in [1.54, 1.807) is 6.33 Å². The van der Waals surface area contributed by atoms with Crippen molar-refractivity contribution in [1.82, 2.24) is 34.6 Å². The SMILES string of the molecule is Cc1cc(Nc2nc(N(C)c3c(F)cc(C(=O)N4CCOCC4)cc3F)nc(-c3cn(C)cn3)c2C2CC2)n[nH]1. The van der Waals surface area contributed by atoms with Crippen molar-refractivity contribution in [2.24, 2.45) is 7.05 Å². The molecule has 0 spiro atoms. The van der Waals surface area contributed by atoms with Gasteiger partial charge in [-0.2, -0.15) is 10.1 Å². The summed E-state index contributed by atoms with van der Waals surface area (Å²) in [5, 5.41) is 10.4. The van der Waals surface area contributed by atoms with Crippen LogP contribution in [0.5, 0.6) is 0 Å². The van der Waals surface area contributed by atoms with E-state index in [0.29, 0.717) is 49.3 Å². The molecule has 2 aliphatic rings. The lowest BCUT2D eigenvalue weighted by molar-refractivity contribution is 0.0302. The molecule has 6 rings (SSSR count). The molecule has 0 unspecified atom stereocenters. The number of hydrogen-bond acceptors (Lipinski definition) is 8. The number of nitrogens with zero attached hydrogens (tertiary/aromatic N) is 7. The van der Waals surface area contributed by atoms with Gasteiger partial charge in [0.25, 0.3) is 5.91 Å². The van der Waals surface area contributed by atoms with Gasteiger partial charge in [0.1, 0.15) is 22.9 Å². The Morgan fingerprint density at radius 2 is 1.88 bits per heavy atom. The number of carbonyl (C=O) groups is 1. The van der Waals surface area contributed by atoms with Gasteiger partial charge in [0.05, 0.1) is 19.5 Å². The standard InChI is InChI=1S/C27H29F2N9O2/c1-15-10-21(35-34-15)31-25-22(16-4-5-16)23(20-13-36(2)14-30-20)32-27(33-25)37(3)24-18(28)11-17(12-19(24)29)26(39)38-6-8-40-9-7-38/h10-14,16H,4-9H2,1-3H3,(H2,31,32,33,34,35). The van der Waals surface area contributed by atoms with E-state index in [9.17, 15) is 4.79 Å². The predicted molar refractivity (Wildman–Crippen MR) is 144 cm³/mol. The van der Waals surface area contributed by atoms with Crippen molar-refractivity contribution < 1.29 is 18.3 Å². The van der Waals surface area contributed by atoms with Crippen LogP contribution in [0.2, 0.25) is 0 Å². The third-order valence-corrected chi connectivity index (χ3v) is 7.02. The molecule has 0 bridgehead atoms. The Bertz CT molecular complexity index is 1550. The molecule has 0 atom stereocenters. The van der Waals surface area contributed by atoms with Crippen LogP contribution in [0.4, 0.5) is 32.1 Å². The van der Waals surface area contributed by atoms with E-state index < -0.39 is 17.5 Å². The summed E-state index contributed by atoms with van der Waals surface area (Å²) < 4.78 is 38.1. The number of anilines is 4. The van der Waals surface area contributed by atoms with Gasteiger partial charge in [-0.3, -0.25) is 9.89 Å². The Hall–Kier alpha value is -4.39. The second-order valence-corrected chi connectivity index (χ2v) is 10.1. The molecular weight excluding hydrogens is 520 g/mol. The van der Waals surface area contributed by atoms with Crippen molar-refractivity contribution in [3.63, 3.8) is 0 Å². The molecule has 11 nitrogen and oxygen atoms in total. The van der Waals surface area contributed by atoms with E-state index in [1.807, 2.05) is 30.8 Å². The van der Waals surface area contributed by atoms with Crippen molar-refractivity contribution in [3.8, 4) is 11.4 Å². The molecule has 0 radical (unpaired) electrons. The largest absolute Gasteiger partial charge is 0.378 e. The van der Waals surface area contributed by atoms with Crippen molar-refractivity contribution in [3.05, 3.63) is 59.2 Å². The maximum absolute atomic E-state index is 15.5. The molecule has 1 saturated carbocycles. The highest BCUT2D eigenvalue weighted by Crippen LogP contribution is 2.48. The third kappa shape index (κ3) is 4.99. The molecule has 1 amide bonds. The van der Waals surface area contributed by atoms with Crippen LogP contribution in [-0.2, 0) is 11.8 Å². The van der Waals surface area contributed by atoms with Gasteiger partial charge >= 0.3 is 0 Å². The molecule has 2 fully saturated rings. The summed E-state index contributed by atoms with van der Waals surface area (Å²) in [7, 11) is 3.35. The zero-order valence-electron chi connectivity index (χ0n) is 22.4. The van der Waals surface area contributed by atoms with Gasteiger partial charge in [0, 0.05) is 56.3 Å². The first-order chi connectivity index (χ1) is 19.3. The lowest BCUT2D eigenvalue weighted by Crippen LogP contribution is -2.40. The number of imidazole rings is 1. The fourth-order valence-electron chi connectivity index (χ4n) is 4.85. The van der Waals surface area contributed by atoms with E-state index in [2.05, 4.69) is 20.5 Å². The van der Waals surface area contributed by atoms with Crippen LogP contribution in [0.25, 0.3) is 11.4 Å². The van der Waals surface area contributed by atoms with Crippen molar-refractivity contribution in [1.29, 1.82) is 0 Å². The molecule has 13 heteroatoms. The number of aromatic nitrogens is 6. The quantitative estimate of drug-likeness (QED) is 0.355. The van der Waals surface area contributed by atoms with E-state index in [0.717, 1.165) is 36.2 Å². The van der Waals surface area contributed by atoms with Crippen molar-refractivity contribution >= 4 is 29.2 Å². The topological polar surface area (TPSA) is 117 Å². The fourth-order valence-corrected chi connectivity index (χ4v) is 4.85. The monoisotopic (exact) mass is 549 g/mol. The Morgan fingerprint density at radius 1 is 1.15 bits per heavy atom. The first kappa shape index (κ1) is 25.9. The number of nitrogens with one attached hydrogen (secondary N) is 2. The van der Waals surface area contributed by atoms with E-state index >= 15 is 8.78 Å². The van der Waals surface area contributed by atoms with Gasteiger partial charge in [-0.05, 0) is 37.8 Å². The summed E-state index contributed by atoms with van der Waals surface area (Å²) in [5.41, 5.74) is 2.51. The number of carbonyl (C=O) groups excluding carboxylic acids is 1. The highest BCUT2D eigenvalue weighted by atomic mass is 19.1. The summed E-state index contributed by atoms with van der Waals surface area (Å²) >= 11 is 0. The van der Waals surface area contributed by atoms with Crippen LogP contribution < -0.4 is 10.2 Å². The predicted octanol–water partition coefficient (Wildman–Crippen LogP) is 4.05. The average molecular weight is 550 g/mol. The highest BCUT2D eigenvalue weighted by Gasteiger charge is 2.34. The second kappa shape index (κ2) is 10.3. The van der Waals surface area contributed by atoms with Crippen molar-refractivity contribution in [2.75, 3.05) is 43.6 Å². The molecule has 1 aromatic carbocycles. The normalized spacial score (nSPS) is 15.4. The summed E-state index contributed by atoms with van der Waals surface area (Å²) in [6.07, 6.45) is 5.45. The Balaban J connectivity index is 1.42. The number of ether oxygens (including phenoxy) is 1. The van der Waals surface area contributed by atoms with Crippen molar-refractivity contribution in [2.45, 2.75) is 25.7 Å². The molecular formula is C27H29F2N9O2. The van der Waals surface area contributed by atoms with Gasteiger partial charge in [-0.1, -0.05) is 0 Å². The molecule has 1 aliphatic heterocycles.